The molecule has 2 aliphatic rings. The molecule has 2 saturated heterocycles. The fourth-order valence-corrected chi connectivity index (χ4v) is 3.60. The summed E-state index contributed by atoms with van der Waals surface area (Å²) in [7, 11) is 2.17. The molecule has 2 fully saturated rings. The van der Waals surface area contributed by atoms with Crippen LogP contribution in [0.5, 0.6) is 0 Å². The number of carbonyl (C=O) groups is 2. The summed E-state index contributed by atoms with van der Waals surface area (Å²) in [5.41, 5.74) is 0. The van der Waals surface area contributed by atoms with Crippen molar-refractivity contribution in [2.45, 2.75) is 64.0 Å². The van der Waals surface area contributed by atoms with Crippen LogP contribution in [0.25, 0.3) is 0 Å². The Bertz CT molecular complexity index is 394. The first kappa shape index (κ1) is 18.0. The SMILES string of the molecule is CCNC(=O)N1CCC(NC(=O)CC[C@@H]2CCCCN2C)CC1. The summed E-state index contributed by atoms with van der Waals surface area (Å²) >= 11 is 0. The maximum absolute atomic E-state index is 12.2. The van der Waals surface area contributed by atoms with Crippen LogP contribution in [0.2, 0.25) is 0 Å². The van der Waals surface area contributed by atoms with Gasteiger partial charge in [-0.2, -0.15) is 0 Å². The Morgan fingerprint density at radius 1 is 1.09 bits per heavy atom. The zero-order valence-electron chi connectivity index (χ0n) is 14.6. The van der Waals surface area contributed by atoms with E-state index >= 15 is 0 Å². The first-order chi connectivity index (χ1) is 11.1. The lowest BCUT2D eigenvalue weighted by molar-refractivity contribution is -0.122. The Morgan fingerprint density at radius 3 is 2.48 bits per heavy atom. The van der Waals surface area contributed by atoms with Crippen LogP contribution in [-0.2, 0) is 4.79 Å². The molecule has 0 saturated carbocycles. The largest absolute Gasteiger partial charge is 0.353 e. The van der Waals surface area contributed by atoms with Gasteiger partial charge in [0, 0.05) is 38.1 Å². The zero-order valence-corrected chi connectivity index (χ0v) is 14.6. The van der Waals surface area contributed by atoms with Crippen molar-refractivity contribution in [3.05, 3.63) is 0 Å². The maximum Gasteiger partial charge on any atom is 0.317 e. The highest BCUT2D eigenvalue weighted by Crippen LogP contribution is 2.19. The van der Waals surface area contributed by atoms with E-state index in [1.165, 1.54) is 19.3 Å². The molecule has 2 rings (SSSR count). The Morgan fingerprint density at radius 2 is 1.83 bits per heavy atom. The van der Waals surface area contributed by atoms with Crippen molar-refractivity contribution in [3.63, 3.8) is 0 Å². The van der Waals surface area contributed by atoms with Crippen molar-refractivity contribution in [2.24, 2.45) is 0 Å². The molecule has 0 unspecified atom stereocenters. The average Bonchev–Trinajstić information content (AvgIpc) is 2.55. The van der Waals surface area contributed by atoms with Gasteiger partial charge in [-0.05, 0) is 52.6 Å². The van der Waals surface area contributed by atoms with E-state index in [9.17, 15) is 9.59 Å². The van der Waals surface area contributed by atoms with E-state index in [4.69, 9.17) is 0 Å². The van der Waals surface area contributed by atoms with Gasteiger partial charge in [0.2, 0.25) is 5.91 Å². The number of carbonyl (C=O) groups excluding carboxylic acids is 2. The third kappa shape index (κ3) is 5.68. The minimum absolute atomic E-state index is 0.0117. The summed E-state index contributed by atoms with van der Waals surface area (Å²) in [5.74, 6) is 0.167. The average molecular weight is 324 g/mol. The summed E-state index contributed by atoms with van der Waals surface area (Å²) in [6.45, 7) is 5.19. The Labute approximate surface area is 140 Å². The number of likely N-dealkylation sites (tertiary alicyclic amines) is 2. The molecule has 0 radical (unpaired) electrons. The van der Waals surface area contributed by atoms with Gasteiger partial charge in [0.15, 0.2) is 0 Å². The summed E-state index contributed by atoms with van der Waals surface area (Å²) in [6.07, 6.45) is 7.07. The van der Waals surface area contributed by atoms with Gasteiger partial charge in [-0.3, -0.25) is 4.79 Å². The van der Waals surface area contributed by atoms with E-state index in [-0.39, 0.29) is 18.0 Å². The van der Waals surface area contributed by atoms with Crippen molar-refractivity contribution >= 4 is 11.9 Å². The summed E-state index contributed by atoms with van der Waals surface area (Å²) < 4.78 is 0. The van der Waals surface area contributed by atoms with E-state index in [1.807, 2.05) is 11.8 Å². The fourth-order valence-electron chi connectivity index (χ4n) is 3.60. The summed E-state index contributed by atoms with van der Waals surface area (Å²) in [4.78, 5) is 28.1. The number of urea groups is 1. The minimum atomic E-state index is 0.0117. The molecule has 23 heavy (non-hydrogen) atoms. The van der Waals surface area contributed by atoms with Crippen LogP contribution in [0, 0.1) is 0 Å². The standard InChI is InChI=1S/C17H32N4O2/c1-3-18-17(23)21-12-9-14(10-13-21)19-16(22)8-7-15-6-4-5-11-20(15)2/h14-15H,3-13H2,1-2H3,(H,18,23)(H,19,22)/t15-/m0/s1. The number of nitrogens with zero attached hydrogens (tertiary/aromatic N) is 2. The normalized spacial score (nSPS) is 23.6. The van der Waals surface area contributed by atoms with Gasteiger partial charge in [-0.25, -0.2) is 4.79 Å². The van der Waals surface area contributed by atoms with E-state index in [0.717, 1.165) is 38.9 Å². The van der Waals surface area contributed by atoms with Gasteiger partial charge in [0.1, 0.15) is 0 Å². The molecule has 1 atom stereocenters. The predicted octanol–water partition coefficient (Wildman–Crippen LogP) is 1.56. The molecule has 3 amide bonds. The molecule has 2 N–H and O–H groups in total. The van der Waals surface area contributed by atoms with Crippen LogP contribution in [0.15, 0.2) is 0 Å². The monoisotopic (exact) mass is 324 g/mol. The smallest absolute Gasteiger partial charge is 0.317 e. The molecule has 6 heteroatoms. The first-order valence-electron chi connectivity index (χ1n) is 9.12. The number of piperidine rings is 2. The fraction of sp³-hybridized carbons (Fsp3) is 0.882. The number of nitrogens with one attached hydrogen (secondary N) is 2. The van der Waals surface area contributed by atoms with Crippen molar-refractivity contribution in [1.82, 2.24) is 20.4 Å². The highest BCUT2D eigenvalue weighted by atomic mass is 16.2. The van der Waals surface area contributed by atoms with Gasteiger partial charge >= 0.3 is 6.03 Å². The van der Waals surface area contributed by atoms with E-state index in [2.05, 4.69) is 22.6 Å². The Hall–Kier alpha value is -1.30. The molecule has 6 nitrogen and oxygen atoms in total. The van der Waals surface area contributed by atoms with Gasteiger partial charge in [0.05, 0.1) is 0 Å². The highest BCUT2D eigenvalue weighted by molar-refractivity contribution is 5.76. The zero-order chi connectivity index (χ0) is 16.7. The molecule has 0 aromatic heterocycles. The van der Waals surface area contributed by atoms with Crippen LogP contribution < -0.4 is 10.6 Å². The number of amides is 3. The Balaban J connectivity index is 1.63. The third-order valence-corrected chi connectivity index (χ3v) is 5.10. The van der Waals surface area contributed by atoms with Gasteiger partial charge in [-0.1, -0.05) is 6.42 Å². The van der Waals surface area contributed by atoms with Gasteiger partial charge < -0.3 is 20.4 Å². The second-order valence-corrected chi connectivity index (χ2v) is 6.83. The molecular weight excluding hydrogens is 292 g/mol. The van der Waals surface area contributed by atoms with E-state index in [0.29, 0.717) is 19.0 Å². The Kier molecular flexibility index (Phi) is 7.15. The van der Waals surface area contributed by atoms with E-state index in [1.54, 1.807) is 0 Å². The molecule has 2 aliphatic heterocycles. The van der Waals surface area contributed by atoms with Crippen molar-refractivity contribution < 1.29 is 9.59 Å². The molecule has 2 heterocycles. The summed E-state index contributed by atoms with van der Waals surface area (Å²) in [6, 6.07) is 0.795. The lowest BCUT2D eigenvalue weighted by Gasteiger charge is -2.33. The van der Waals surface area contributed by atoms with Crippen LogP contribution in [0.4, 0.5) is 4.79 Å². The highest BCUT2D eigenvalue weighted by Gasteiger charge is 2.24. The van der Waals surface area contributed by atoms with Gasteiger partial charge in [-0.15, -0.1) is 0 Å². The van der Waals surface area contributed by atoms with Crippen molar-refractivity contribution in [2.75, 3.05) is 33.2 Å². The second-order valence-electron chi connectivity index (χ2n) is 6.83. The predicted molar refractivity (Wildman–Crippen MR) is 91.3 cm³/mol. The molecule has 0 aromatic carbocycles. The molecule has 0 aromatic rings. The molecule has 132 valence electrons. The molecule has 0 spiro atoms. The topological polar surface area (TPSA) is 64.7 Å². The summed E-state index contributed by atoms with van der Waals surface area (Å²) in [5, 5.41) is 5.98. The molecule has 0 aliphatic carbocycles. The lowest BCUT2D eigenvalue weighted by Crippen LogP contribution is -2.49. The van der Waals surface area contributed by atoms with Crippen molar-refractivity contribution in [3.8, 4) is 0 Å². The quantitative estimate of drug-likeness (QED) is 0.807. The van der Waals surface area contributed by atoms with Crippen molar-refractivity contribution in [1.29, 1.82) is 0 Å². The number of hydrogen-bond acceptors (Lipinski definition) is 3. The lowest BCUT2D eigenvalue weighted by atomic mass is 9.98. The van der Waals surface area contributed by atoms with Crippen LogP contribution in [-0.4, -0.2) is 67.0 Å². The van der Waals surface area contributed by atoms with Crippen LogP contribution >= 0.6 is 0 Å². The van der Waals surface area contributed by atoms with Crippen LogP contribution in [0.1, 0.15) is 51.9 Å². The number of hydrogen-bond donors (Lipinski definition) is 2. The second kappa shape index (κ2) is 9.11. The number of rotatable bonds is 5. The minimum Gasteiger partial charge on any atom is -0.353 e. The van der Waals surface area contributed by atoms with Gasteiger partial charge in [0.25, 0.3) is 0 Å². The van der Waals surface area contributed by atoms with Crippen LogP contribution in [0.3, 0.4) is 0 Å². The maximum atomic E-state index is 12.2. The molecule has 0 bridgehead atoms. The van der Waals surface area contributed by atoms with E-state index < -0.39 is 0 Å². The molecular formula is C17H32N4O2. The third-order valence-electron chi connectivity index (χ3n) is 5.10. The first-order valence-corrected chi connectivity index (χ1v) is 9.12.